The van der Waals surface area contributed by atoms with Gasteiger partial charge in [-0.15, -0.1) is 0 Å². The molecule has 3 rings (SSSR count). The summed E-state index contributed by atoms with van der Waals surface area (Å²) in [6.07, 6.45) is 2.84. The van der Waals surface area contributed by atoms with Crippen molar-refractivity contribution in [3.8, 4) is 0 Å². The monoisotopic (exact) mass is 438 g/mol. The number of amides is 2. The molecule has 156 valence electrons. The van der Waals surface area contributed by atoms with Crippen LogP contribution >= 0.6 is 23.2 Å². The molecule has 1 aromatic heterocycles. The van der Waals surface area contributed by atoms with Crippen LogP contribution in [-0.2, 0) is 19.4 Å². The van der Waals surface area contributed by atoms with Gasteiger partial charge in [-0.2, -0.15) is 0 Å². The second kappa shape index (κ2) is 9.71. The fourth-order valence-corrected chi connectivity index (χ4v) is 3.51. The summed E-state index contributed by atoms with van der Waals surface area (Å²) in [5, 5.41) is 22.4. The van der Waals surface area contributed by atoms with Crippen LogP contribution in [0.3, 0.4) is 0 Å². The quantitative estimate of drug-likeness (QED) is 0.643. The molecule has 0 fully saturated rings. The summed E-state index contributed by atoms with van der Waals surface area (Å²) < 4.78 is 0. The second-order valence-electron chi connectivity index (χ2n) is 7.21. The molecule has 2 heterocycles. The lowest BCUT2D eigenvalue weighted by Gasteiger charge is -2.29. The third-order valence-electron chi connectivity index (χ3n) is 5.05. The van der Waals surface area contributed by atoms with E-state index in [1.165, 1.54) is 0 Å². The number of carbonyl (C=O) groups excluding carboxylic acids is 1. The highest BCUT2D eigenvalue weighted by Gasteiger charge is 2.24. The molecule has 0 bridgehead atoms. The van der Waals surface area contributed by atoms with Gasteiger partial charge in [-0.3, -0.25) is 0 Å². The van der Waals surface area contributed by atoms with Gasteiger partial charge in [-0.25, -0.2) is 14.8 Å². The van der Waals surface area contributed by atoms with E-state index in [-0.39, 0.29) is 31.2 Å². The summed E-state index contributed by atoms with van der Waals surface area (Å²) in [6.45, 7) is 2.59. The van der Waals surface area contributed by atoms with E-state index in [0.29, 0.717) is 41.8 Å². The SMILES string of the molecule is C[C@@H](NC(=O)N1CCc2cnc(CC(CO)CO)nc2C1)c1ccc(Cl)c(Cl)c1. The van der Waals surface area contributed by atoms with Crippen molar-refractivity contribution in [3.63, 3.8) is 0 Å². The number of aliphatic hydroxyl groups excluding tert-OH is 2. The first kappa shape index (κ1) is 21.8. The minimum Gasteiger partial charge on any atom is -0.396 e. The van der Waals surface area contributed by atoms with Crippen molar-refractivity contribution in [1.29, 1.82) is 0 Å². The first-order valence-corrected chi connectivity index (χ1v) is 10.2. The van der Waals surface area contributed by atoms with Gasteiger partial charge in [0.05, 0.1) is 28.3 Å². The second-order valence-corrected chi connectivity index (χ2v) is 8.02. The molecule has 0 unspecified atom stereocenters. The first-order chi connectivity index (χ1) is 13.9. The highest BCUT2D eigenvalue weighted by molar-refractivity contribution is 6.42. The number of nitrogens with zero attached hydrogens (tertiary/aromatic N) is 3. The smallest absolute Gasteiger partial charge is 0.318 e. The lowest BCUT2D eigenvalue weighted by Crippen LogP contribution is -2.44. The van der Waals surface area contributed by atoms with Crippen LogP contribution in [0.2, 0.25) is 10.0 Å². The fourth-order valence-electron chi connectivity index (χ4n) is 3.20. The number of fused-ring (bicyclic) bond motifs is 1. The van der Waals surface area contributed by atoms with Crippen LogP contribution in [0.25, 0.3) is 0 Å². The molecular weight excluding hydrogens is 415 g/mol. The van der Waals surface area contributed by atoms with E-state index in [2.05, 4.69) is 15.3 Å². The number of nitrogens with one attached hydrogen (secondary N) is 1. The number of benzene rings is 1. The van der Waals surface area contributed by atoms with Gasteiger partial charge >= 0.3 is 6.03 Å². The number of aromatic nitrogens is 2. The maximum atomic E-state index is 12.7. The zero-order chi connectivity index (χ0) is 21.0. The Labute approximate surface area is 179 Å². The van der Waals surface area contributed by atoms with Gasteiger partial charge in [0.15, 0.2) is 0 Å². The third-order valence-corrected chi connectivity index (χ3v) is 5.79. The minimum atomic E-state index is -0.289. The molecule has 9 heteroatoms. The number of hydrogen-bond acceptors (Lipinski definition) is 5. The lowest BCUT2D eigenvalue weighted by molar-refractivity contribution is 0.148. The molecule has 0 radical (unpaired) electrons. The van der Waals surface area contributed by atoms with E-state index in [0.717, 1.165) is 16.8 Å². The summed E-state index contributed by atoms with van der Waals surface area (Å²) in [6, 6.07) is 4.89. The Morgan fingerprint density at radius 1 is 1.28 bits per heavy atom. The molecular formula is C20H24Cl2N4O3. The Morgan fingerprint density at radius 3 is 2.72 bits per heavy atom. The van der Waals surface area contributed by atoms with Gasteiger partial charge in [-0.05, 0) is 36.6 Å². The summed E-state index contributed by atoms with van der Waals surface area (Å²) in [7, 11) is 0. The predicted octanol–water partition coefficient (Wildman–Crippen LogP) is 2.76. The molecule has 2 amide bonds. The van der Waals surface area contributed by atoms with Gasteiger partial charge in [0.25, 0.3) is 0 Å². The molecule has 0 aliphatic carbocycles. The zero-order valence-electron chi connectivity index (χ0n) is 16.1. The van der Waals surface area contributed by atoms with Crippen molar-refractivity contribution in [2.75, 3.05) is 19.8 Å². The Bertz CT molecular complexity index is 877. The summed E-state index contributed by atoms with van der Waals surface area (Å²) >= 11 is 12.0. The Kier molecular flexibility index (Phi) is 7.29. The molecule has 1 aliphatic rings. The van der Waals surface area contributed by atoms with Gasteiger partial charge < -0.3 is 20.4 Å². The summed E-state index contributed by atoms with van der Waals surface area (Å²) in [5.74, 6) is 0.270. The lowest BCUT2D eigenvalue weighted by atomic mass is 10.0. The Hall–Kier alpha value is -1.93. The van der Waals surface area contributed by atoms with Crippen LogP contribution in [0.1, 0.15) is 35.6 Å². The van der Waals surface area contributed by atoms with Crippen LogP contribution in [0.5, 0.6) is 0 Å². The highest BCUT2D eigenvalue weighted by Crippen LogP contribution is 2.26. The van der Waals surface area contributed by atoms with Gasteiger partial charge in [0.1, 0.15) is 5.82 Å². The van der Waals surface area contributed by atoms with Crippen LogP contribution in [-0.4, -0.2) is 50.9 Å². The molecule has 7 nitrogen and oxygen atoms in total. The van der Waals surface area contributed by atoms with Crippen molar-refractivity contribution in [3.05, 3.63) is 57.1 Å². The van der Waals surface area contributed by atoms with Crippen LogP contribution in [0.4, 0.5) is 4.79 Å². The normalized spacial score (nSPS) is 14.6. The zero-order valence-corrected chi connectivity index (χ0v) is 17.6. The van der Waals surface area contributed by atoms with Crippen LogP contribution in [0, 0.1) is 5.92 Å². The molecule has 1 atom stereocenters. The highest BCUT2D eigenvalue weighted by atomic mass is 35.5. The van der Waals surface area contributed by atoms with Gasteiger partial charge in [-0.1, -0.05) is 29.3 Å². The van der Waals surface area contributed by atoms with Gasteiger partial charge in [0, 0.05) is 38.3 Å². The molecule has 29 heavy (non-hydrogen) atoms. The largest absolute Gasteiger partial charge is 0.396 e. The van der Waals surface area contributed by atoms with Crippen molar-refractivity contribution < 1.29 is 15.0 Å². The average Bonchev–Trinajstić information content (AvgIpc) is 2.73. The number of rotatable bonds is 6. The molecule has 3 N–H and O–H groups in total. The third kappa shape index (κ3) is 5.36. The number of hydrogen-bond donors (Lipinski definition) is 3. The summed E-state index contributed by atoms with van der Waals surface area (Å²) in [5.41, 5.74) is 2.68. The maximum absolute atomic E-state index is 12.7. The molecule has 0 saturated carbocycles. The fraction of sp³-hybridized carbons (Fsp3) is 0.450. The van der Waals surface area contributed by atoms with Crippen molar-refractivity contribution in [2.24, 2.45) is 5.92 Å². The van der Waals surface area contributed by atoms with E-state index in [9.17, 15) is 15.0 Å². The number of urea groups is 1. The average molecular weight is 439 g/mol. The molecule has 0 saturated heterocycles. The molecule has 0 spiro atoms. The predicted molar refractivity (Wildman–Crippen MR) is 111 cm³/mol. The number of aliphatic hydroxyl groups is 2. The van der Waals surface area contributed by atoms with Gasteiger partial charge in [0.2, 0.25) is 0 Å². The van der Waals surface area contributed by atoms with Crippen molar-refractivity contribution >= 4 is 29.2 Å². The molecule has 2 aromatic rings. The van der Waals surface area contributed by atoms with Crippen molar-refractivity contribution in [2.45, 2.75) is 32.4 Å². The van der Waals surface area contributed by atoms with Crippen LogP contribution < -0.4 is 5.32 Å². The Balaban J connectivity index is 1.66. The van der Waals surface area contributed by atoms with E-state index in [1.54, 1.807) is 23.2 Å². The maximum Gasteiger partial charge on any atom is 0.318 e. The molecule has 1 aliphatic heterocycles. The summed E-state index contributed by atoms with van der Waals surface area (Å²) in [4.78, 5) is 23.3. The standard InChI is InChI=1S/C20H24Cl2N4O3/c1-12(14-2-3-16(21)17(22)7-14)24-20(29)26-5-4-15-8-23-19(25-18(15)9-26)6-13(10-27)11-28/h2-3,7-8,12-13,27-28H,4-6,9-11H2,1H3,(H,24,29)/t12-/m1/s1. The molecule has 1 aromatic carbocycles. The van der Waals surface area contributed by atoms with E-state index in [1.807, 2.05) is 13.0 Å². The topological polar surface area (TPSA) is 98.6 Å². The van der Waals surface area contributed by atoms with E-state index < -0.39 is 0 Å². The minimum absolute atomic E-state index is 0.127. The first-order valence-electron chi connectivity index (χ1n) is 9.47. The van der Waals surface area contributed by atoms with Crippen molar-refractivity contribution in [1.82, 2.24) is 20.2 Å². The van der Waals surface area contributed by atoms with E-state index >= 15 is 0 Å². The van der Waals surface area contributed by atoms with Crippen LogP contribution in [0.15, 0.2) is 24.4 Å². The number of halogens is 2. The Morgan fingerprint density at radius 2 is 2.03 bits per heavy atom. The number of carbonyl (C=O) groups is 1. The van der Waals surface area contributed by atoms with E-state index in [4.69, 9.17) is 23.2 Å².